The summed E-state index contributed by atoms with van der Waals surface area (Å²) in [6, 6.07) is 14.0. The fourth-order valence-corrected chi connectivity index (χ4v) is 2.13. The van der Waals surface area contributed by atoms with E-state index in [1.54, 1.807) is 37.4 Å². The topological polar surface area (TPSA) is 44.8 Å². The molecule has 0 unspecified atom stereocenters. The van der Waals surface area contributed by atoms with E-state index in [1.165, 1.54) is 0 Å². The molecule has 0 fully saturated rings. The molecule has 0 heterocycles. The van der Waals surface area contributed by atoms with Gasteiger partial charge in [0.15, 0.2) is 0 Å². The molecule has 0 aliphatic carbocycles. The molecule has 2 aromatic carbocycles. The molecular formula is C16H15BrO4. The molecule has 2 rings (SSSR count). The first-order chi connectivity index (χ1) is 10.2. The molecule has 21 heavy (non-hydrogen) atoms. The van der Waals surface area contributed by atoms with Crippen LogP contribution in [0.1, 0.15) is 10.4 Å². The lowest BCUT2D eigenvalue weighted by Gasteiger charge is -2.09. The second-order valence-electron chi connectivity index (χ2n) is 4.19. The molecule has 0 amide bonds. The summed E-state index contributed by atoms with van der Waals surface area (Å²) in [5, 5.41) is 0. The van der Waals surface area contributed by atoms with Crippen molar-refractivity contribution in [2.24, 2.45) is 0 Å². The summed E-state index contributed by atoms with van der Waals surface area (Å²) in [6.45, 7) is 0.952. The maximum absolute atomic E-state index is 12.0. The normalized spacial score (nSPS) is 10.2. The van der Waals surface area contributed by atoms with Gasteiger partial charge in [0.1, 0.15) is 18.1 Å². The van der Waals surface area contributed by atoms with Crippen molar-refractivity contribution < 1.29 is 19.0 Å². The van der Waals surface area contributed by atoms with Gasteiger partial charge in [0.25, 0.3) is 0 Å². The molecule has 4 nitrogen and oxygen atoms in total. The summed E-state index contributed by atoms with van der Waals surface area (Å²) in [5.74, 6) is 0.757. The van der Waals surface area contributed by atoms with Gasteiger partial charge in [-0.1, -0.05) is 18.2 Å². The Bertz CT molecular complexity index is 598. The maximum Gasteiger partial charge on any atom is 0.343 e. The smallest absolute Gasteiger partial charge is 0.343 e. The number of esters is 1. The Morgan fingerprint density at radius 2 is 1.86 bits per heavy atom. The predicted molar refractivity (Wildman–Crippen MR) is 82.9 cm³/mol. The van der Waals surface area contributed by atoms with E-state index in [0.717, 1.165) is 0 Å². The Labute approximate surface area is 131 Å². The van der Waals surface area contributed by atoms with Crippen LogP contribution in [0.2, 0.25) is 0 Å². The third kappa shape index (κ3) is 4.58. The molecule has 0 saturated carbocycles. The van der Waals surface area contributed by atoms with Crippen molar-refractivity contribution in [1.29, 1.82) is 0 Å². The standard InChI is InChI=1S/C16H15BrO4/c1-19-9-10-20-15-8-7-12(11-14(15)17)16(18)21-13-5-3-2-4-6-13/h2-8,11H,9-10H2,1H3. The van der Waals surface area contributed by atoms with Crippen LogP contribution in [0.15, 0.2) is 53.0 Å². The predicted octanol–water partition coefficient (Wildman–Crippen LogP) is 3.69. The molecule has 0 atom stereocenters. The van der Waals surface area contributed by atoms with E-state index in [2.05, 4.69) is 15.9 Å². The Morgan fingerprint density at radius 3 is 2.52 bits per heavy atom. The zero-order chi connectivity index (χ0) is 15.1. The minimum Gasteiger partial charge on any atom is -0.490 e. The SMILES string of the molecule is COCCOc1ccc(C(=O)Oc2ccccc2)cc1Br. The van der Waals surface area contributed by atoms with E-state index in [-0.39, 0.29) is 0 Å². The number of rotatable bonds is 6. The molecule has 5 heteroatoms. The highest BCUT2D eigenvalue weighted by atomic mass is 79.9. The maximum atomic E-state index is 12.0. The van der Waals surface area contributed by atoms with Crippen molar-refractivity contribution in [1.82, 2.24) is 0 Å². The Hall–Kier alpha value is -1.85. The van der Waals surface area contributed by atoms with Gasteiger partial charge in [-0.25, -0.2) is 4.79 Å². The minimum atomic E-state index is -0.412. The number of ether oxygens (including phenoxy) is 3. The third-order valence-corrected chi connectivity index (χ3v) is 3.29. The van der Waals surface area contributed by atoms with Gasteiger partial charge in [-0.3, -0.25) is 0 Å². The number of para-hydroxylation sites is 1. The van der Waals surface area contributed by atoms with Crippen LogP contribution in [-0.2, 0) is 4.74 Å². The lowest BCUT2D eigenvalue weighted by Crippen LogP contribution is -2.09. The molecule has 0 spiro atoms. The Morgan fingerprint density at radius 1 is 1.10 bits per heavy atom. The number of benzene rings is 2. The average Bonchev–Trinajstić information content (AvgIpc) is 2.50. The minimum absolute atomic E-state index is 0.412. The van der Waals surface area contributed by atoms with Crippen LogP contribution < -0.4 is 9.47 Å². The van der Waals surface area contributed by atoms with Crippen LogP contribution in [0.4, 0.5) is 0 Å². The van der Waals surface area contributed by atoms with Crippen LogP contribution >= 0.6 is 15.9 Å². The van der Waals surface area contributed by atoms with Crippen molar-refractivity contribution in [3.63, 3.8) is 0 Å². The van der Waals surface area contributed by atoms with Gasteiger partial charge in [-0.05, 0) is 46.3 Å². The largest absolute Gasteiger partial charge is 0.490 e. The van der Waals surface area contributed by atoms with Crippen LogP contribution in [0.25, 0.3) is 0 Å². The molecule has 0 aromatic heterocycles. The summed E-state index contributed by atoms with van der Waals surface area (Å²) in [4.78, 5) is 12.0. The fraction of sp³-hybridized carbons (Fsp3) is 0.188. The summed E-state index contributed by atoms with van der Waals surface area (Å²) < 4.78 is 16.4. The van der Waals surface area contributed by atoms with Crippen molar-refractivity contribution in [3.05, 3.63) is 58.6 Å². The molecule has 2 aromatic rings. The zero-order valence-corrected chi connectivity index (χ0v) is 13.1. The number of carbonyl (C=O) groups is 1. The molecule has 0 N–H and O–H groups in total. The quantitative estimate of drug-likeness (QED) is 0.452. The fourth-order valence-electron chi connectivity index (χ4n) is 1.63. The average molecular weight is 351 g/mol. The Kier molecular flexibility index (Phi) is 5.78. The molecular weight excluding hydrogens is 336 g/mol. The van der Waals surface area contributed by atoms with E-state index < -0.39 is 5.97 Å². The van der Waals surface area contributed by atoms with Crippen LogP contribution in [-0.4, -0.2) is 26.3 Å². The van der Waals surface area contributed by atoms with Gasteiger partial charge in [-0.2, -0.15) is 0 Å². The second-order valence-corrected chi connectivity index (χ2v) is 5.04. The number of halogens is 1. The number of methoxy groups -OCH3 is 1. The number of hydrogen-bond donors (Lipinski definition) is 0. The molecule has 0 aliphatic rings. The van der Waals surface area contributed by atoms with Crippen molar-refractivity contribution in [2.75, 3.05) is 20.3 Å². The van der Waals surface area contributed by atoms with E-state index in [9.17, 15) is 4.79 Å². The van der Waals surface area contributed by atoms with Gasteiger partial charge in [-0.15, -0.1) is 0 Å². The second kappa shape index (κ2) is 7.81. The van der Waals surface area contributed by atoms with E-state index in [4.69, 9.17) is 14.2 Å². The van der Waals surface area contributed by atoms with Gasteiger partial charge in [0, 0.05) is 7.11 Å². The summed E-state index contributed by atoms with van der Waals surface area (Å²) >= 11 is 3.38. The summed E-state index contributed by atoms with van der Waals surface area (Å²) in [6.07, 6.45) is 0. The summed E-state index contributed by atoms with van der Waals surface area (Å²) in [7, 11) is 1.61. The highest BCUT2D eigenvalue weighted by Crippen LogP contribution is 2.26. The van der Waals surface area contributed by atoms with E-state index >= 15 is 0 Å². The lowest BCUT2D eigenvalue weighted by atomic mass is 10.2. The highest BCUT2D eigenvalue weighted by Gasteiger charge is 2.11. The van der Waals surface area contributed by atoms with Gasteiger partial charge >= 0.3 is 5.97 Å². The monoisotopic (exact) mass is 350 g/mol. The third-order valence-electron chi connectivity index (χ3n) is 2.67. The lowest BCUT2D eigenvalue weighted by molar-refractivity contribution is 0.0734. The molecule has 0 radical (unpaired) electrons. The zero-order valence-electron chi connectivity index (χ0n) is 11.5. The van der Waals surface area contributed by atoms with E-state index in [0.29, 0.717) is 34.7 Å². The van der Waals surface area contributed by atoms with Crippen LogP contribution in [0.3, 0.4) is 0 Å². The first-order valence-electron chi connectivity index (χ1n) is 6.39. The molecule has 0 bridgehead atoms. The number of carbonyl (C=O) groups excluding carboxylic acids is 1. The summed E-state index contributed by atoms with van der Waals surface area (Å²) in [5.41, 5.74) is 0.449. The van der Waals surface area contributed by atoms with Crippen molar-refractivity contribution in [3.8, 4) is 11.5 Å². The Balaban J connectivity index is 2.03. The molecule has 110 valence electrons. The number of hydrogen-bond acceptors (Lipinski definition) is 4. The molecule has 0 aliphatic heterocycles. The van der Waals surface area contributed by atoms with Gasteiger partial charge < -0.3 is 14.2 Å². The van der Waals surface area contributed by atoms with Gasteiger partial charge in [0.05, 0.1) is 16.6 Å². The van der Waals surface area contributed by atoms with E-state index in [1.807, 2.05) is 18.2 Å². The first-order valence-corrected chi connectivity index (χ1v) is 7.18. The first kappa shape index (κ1) is 15.5. The van der Waals surface area contributed by atoms with Gasteiger partial charge in [0.2, 0.25) is 0 Å². The van der Waals surface area contributed by atoms with Crippen LogP contribution in [0, 0.1) is 0 Å². The van der Waals surface area contributed by atoms with Crippen molar-refractivity contribution >= 4 is 21.9 Å². The highest BCUT2D eigenvalue weighted by molar-refractivity contribution is 9.10. The molecule has 0 saturated heterocycles. The van der Waals surface area contributed by atoms with Crippen molar-refractivity contribution in [2.45, 2.75) is 0 Å². The van der Waals surface area contributed by atoms with Crippen LogP contribution in [0.5, 0.6) is 11.5 Å².